The first kappa shape index (κ1) is 18.0. The monoisotopic (exact) mass is 387 g/mol. The van der Waals surface area contributed by atoms with Crippen molar-refractivity contribution in [1.82, 2.24) is 24.6 Å². The largest absolute Gasteiger partial charge is 0.354 e. The van der Waals surface area contributed by atoms with Crippen LogP contribution < -0.4 is 4.90 Å². The molecule has 148 valence electrons. The molecule has 2 aliphatic rings. The average Bonchev–Trinajstić information content (AvgIpc) is 3.39. The number of piperazine rings is 1. The van der Waals surface area contributed by atoms with Gasteiger partial charge in [0.05, 0.1) is 24.1 Å². The van der Waals surface area contributed by atoms with Crippen molar-refractivity contribution >= 4 is 11.5 Å². The second kappa shape index (κ2) is 7.40. The van der Waals surface area contributed by atoms with E-state index in [2.05, 4.69) is 56.1 Å². The topological polar surface area (TPSA) is 62.4 Å². The Morgan fingerprint density at radius 2 is 1.86 bits per heavy atom. The van der Waals surface area contributed by atoms with Gasteiger partial charge in [0.2, 0.25) is 0 Å². The van der Waals surface area contributed by atoms with Crippen LogP contribution in [-0.2, 0) is 13.6 Å². The van der Waals surface area contributed by atoms with Gasteiger partial charge < -0.3 is 9.80 Å². The Labute approximate surface area is 170 Å². The van der Waals surface area contributed by atoms with Crippen LogP contribution in [0, 0.1) is 0 Å². The maximum Gasteiger partial charge on any atom is 0.132 e. The number of hydrogen-bond donors (Lipinski definition) is 0. The van der Waals surface area contributed by atoms with Crippen molar-refractivity contribution in [1.29, 1.82) is 0 Å². The van der Waals surface area contributed by atoms with E-state index in [0.29, 0.717) is 6.54 Å². The molecule has 0 amide bonds. The maximum atomic E-state index is 4.80. The molecule has 7 heteroatoms. The molecular formula is C22H25N7. The minimum atomic E-state index is 0.701. The summed E-state index contributed by atoms with van der Waals surface area (Å²) in [6.45, 7) is 8.18. The van der Waals surface area contributed by atoms with E-state index in [1.54, 1.807) is 6.33 Å². The lowest BCUT2D eigenvalue weighted by atomic mass is 9.98. The molecule has 0 bridgehead atoms. The van der Waals surface area contributed by atoms with Crippen LogP contribution in [0.15, 0.2) is 48.0 Å². The molecule has 2 aromatic heterocycles. The van der Waals surface area contributed by atoms with Gasteiger partial charge in [0.25, 0.3) is 0 Å². The van der Waals surface area contributed by atoms with Gasteiger partial charge in [-0.1, -0.05) is 19.1 Å². The molecule has 7 nitrogen and oxygen atoms in total. The number of nitrogens with zero attached hydrogens (tertiary/aromatic N) is 7. The molecule has 2 aliphatic heterocycles. The summed E-state index contributed by atoms with van der Waals surface area (Å²) < 4.78 is 1.83. The number of aryl methyl sites for hydroxylation is 1. The van der Waals surface area contributed by atoms with E-state index in [4.69, 9.17) is 4.99 Å². The third-order valence-electron chi connectivity index (χ3n) is 5.85. The summed E-state index contributed by atoms with van der Waals surface area (Å²) in [6, 6.07) is 8.61. The van der Waals surface area contributed by atoms with Gasteiger partial charge in [0, 0.05) is 56.6 Å². The number of fused-ring (bicyclic) bond motifs is 1. The summed E-state index contributed by atoms with van der Waals surface area (Å²) in [5.74, 6) is 0.991. The maximum absolute atomic E-state index is 4.80. The number of likely N-dealkylation sites (N-methyl/N-ethyl adjacent to an activating group) is 1. The second-order valence-electron chi connectivity index (χ2n) is 7.62. The van der Waals surface area contributed by atoms with Crippen molar-refractivity contribution in [3.8, 4) is 11.1 Å². The second-order valence-corrected chi connectivity index (χ2v) is 7.62. The van der Waals surface area contributed by atoms with Crippen LogP contribution in [-0.4, -0.2) is 63.1 Å². The van der Waals surface area contributed by atoms with E-state index in [-0.39, 0.29) is 0 Å². The molecule has 29 heavy (non-hydrogen) atoms. The first-order valence-corrected chi connectivity index (χ1v) is 10.2. The van der Waals surface area contributed by atoms with E-state index in [0.717, 1.165) is 66.6 Å². The number of hydrogen-bond acceptors (Lipinski definition) is 6. The Bertz CT molecular complexity index is 1060. The molecule has 0 aliphatic carbocycles. The Kier molecular flexibility index (Phi) is 4.60. The van der Waals surface area contributed by atoms with Gasteiger partial charge in [0.1, 0.15) is 12.1 Å². The van der Waals surface area contributed by atoms with Crippen molar-refractivity contribution in [3.05, 3.63) is 59.8 Å². The lowest BCUT2D eigenvalue weighted by Gasteiger charge is -2.34. The molecule has 5 rings (SSSR count). The minimum absolute atomic E-state index is 0.701. The van der Waals surface area contributed by atoms with E-state index in [9.17, 15) is 0 Å². The molecule has 3 aromatic rings. The number of rotatable bonds is 4. The van der Waals surface area contributed by atoms with Crippen LogP contribution in [0.2, 0.25) is 0 Å². The third kappa shape index (κ3) is 3.42. The highest BCUT2D eigenvalue weighted by atomic mass is 15.3. The highest BCUT2D eigenvalue weighted by molar-refractivity contribution is 6.14. The minimum Gasteiger partial charge on any atom is -0.354 e. The quantitative estimate of drug-likeness (QED) is 0.688. The standard InChI is InChI=1S/C22H25N7/c1-3-28-6-8-29(9-7-28)21-11-20(24-15-25-21)22-19-10-16(4-5-17(19)12-23-22)18-13-26-27(2)14-18/h4-5,10-11,13-15H,3,6-9,12H2,1-2H3. The number of anilines is 1. The van der Waals surface area contributed by atoms with Gasteiger partial charge >= 0.3 is 0 Å². The summed E-state index contributed by atoms with van der Waals surface area (Å²) in [5, 5.41) is 4.30. The van der Waals surface area contributed by atoms with Gasteiger partial charge in [-0.05, 0) is 23.7 Å². The fraction of sp³-hybridized carbons (Fsp3) is 0.364. The summed E-state index contributed by atoms with van der Waals surface area (Å²) >= 11 is 0. The van der Waals surface area contributed by atoms with Crippen LogP contribution in [0.3, 0.4) is 0 Å². The van der Waals surface area contributed by atoms with Gasteiger partial charge in [-0.15, -0.1) is 0 Å². The Morgan fingerprint density at radius 3 is 2.62 bits per heavy atom. The summed E-state index contributed by atoms with van der Waals surface area (Å²) in [4.78, 5) is 18.7. The van der Waals surface area contributed by atoms with Crippen molar-refractivity contribution < 1.29 is 0 Å². The Morgan fingerprint density at radius 1 is 1.00 bits per heavy atom. The van der Waals surface area contributed by atoms with E-state index in [1.807, 2.05) is 24.1 Å². The lowest BCUT2D eigenvalue weighted by Crippen LogP contribution is -2.46. The predicted molar refractivity (Wildman–Crippen MR) is 114 cm³/mol. The van der Waals surface area contributed by atoms with Crippen LogP contribution in [0.4, 0.5) is 5.82 Å². The first-order chi connectivity index (χ1) is 14.2. The van der Waals surface area contributed by atoms with Gasteiger partial charge in [0.15, 0.2) is 0 Å². The normalized spacial score (nSPS) is 16.8. The Balaban J connectivity index is 1.43. The zero-order valence-electron chi connectivity index (χ0n) is 16.9. The fourth-order valence-corrected chi connectivity index (χ4v) is 4.10. The van der Waals surface area contributed by atoms with E-state index < -0.39 is 0 Å². The number of aromatic nitrogens is 4. The summed E-state index contributed by atoms with van der Waals surface area (Å²) in [5.41, 5.74) is 6.52. The molecule has 1 fully saturated rings. The van der Waals surface area contributed by atoms with Crippen LogP contribution in [0.25, 0.3) is 11.1 Å². The molecule has 0 saturated carbocycles. The molecule has 1 saturated heterocycles. The van der Waals surface area contributed by atoms with Crippen molar-refractivity contribution in [3.63, 3.8) is 0 Å². The molecule has 0 spiro atoms. The molecule has 0 radical (unpaired) electrons. The van der Waals surface area contributed by atoms with Crippen molar-refractivity contribution in [2.24, 2.45) is 12.0 Å². The lowest BCUT2D eigenvalue weighted by molar-refractivity contribution is 0.270. The summed E-state index contributed by atoms with van der Waals surface area (Å²) in [6.07, 6.45) is 5.60. The third-order valence-corrected chi connectivity index (χ3v) is 5.85. The van der Waals surface area contributed by atoms with Crippen molar-refractivity contribution in [2.75, 3.05) is 37.6 Å². The average molecular weight is 387 g/mol. The number of aliphatic imine (C=N–C) groups is 1. The highest BCUT2D eigenvalue weighted by Crippen LogP contribution is 2.28. The van der Waals surface area contributed by atoms with Gasteiger partial charge in [-0.25, -0.2) is 9.97 Å². The number of benzene rings is 1. The molecule has 4 heterocycles. The molecule has 1 aromatic carbocycles. The predicted octanol–water partition coefficient (Wildman–Crippen LogP) is 2.37. The van der Waals surface area contributed by atoms with Crippen LogP contribution in [0.1, 0.15) is 23.7 Å². The zero-order chi connectivity index (χ0) is 19.8. The highest BCUT2D eigenvalue weighted by Gasteiger charge is 2.22. The SMILES string of the molecule is CCN1CCN(c2cc(C3=NCc4ccc(-c5cnn(C)c5)cc43)ncn2)CC1. The summed E-state index contributed by atoms with van der Waals surface area (Å²) in [7, 11) is 1.94. The zero-order valence-corrected chi connectivity index (χ0v) is 16.9. The molecule has 0 unspecified atom stereocenters. The van der Waals surface area contributed by atoms with Gasteiger partial charge in [-0.3, -0.25) is 9.67 Å². The van der Waals surface area contributed by atoms with Crippen LogP contribution in [0.5, 0.6) is 0 Å². The first-order valence-electron chi connectivity index (χ1n) is 10.2. The molecular weight excluding hydrogens is 362 g/mol. The fourth-order valence-electron chi connectivity index (χ4n) is 4.10. The molecule has 0 N–H and O–H groups in total. The van der Waals surface area contributed by atoms with E-state index in [1.165, 1.54) is 5.56 Å². The Hall–Kier alpha value is -3.06. The van der Waals surface area contributed by atoms with Gasteiger partial charge in [-0.2, -0.15) is 5.10 Å². The van der Waals surface area contributed by atoms with E-state index >= 15 is 0 Å². The smallest absolute Gasteiger partial charge is 0.132 e. The van der Waals surface area contributed by atoms with Crippen LogP contribution >= 0.6 is 0 Å². The van der Waals surface area contributed by atoms with Crippen molar-refractivity contribution in [2.45, 2.75) is 13.5 Å². The molecule has 0 atom stereocenters.